The number of tetrazole rings is 1. The Morgan fingerprint density at radius 3 is 2.74 bits per heavy atom. The number of aromatic nitrogens is 5. The van der Waals surface area contributed by atoms with Crippen molar-refractivity contribution < 1.29 is 10.0 Å². The van der Waals surface area contributed by atoms with Crippen LogP contribution in [0.15, 0.2) is 59.4 Å². The van der Waals surface area contributed by atoms with E-state index >= 15 is 0 Å². The fraction of sp³-hybridized carbons (Fsp3) is 0.304. The first-order valence-electron chi connectivity index (χ1n) is 10.5. The van der Waals surface area contributed by atoms with Crippen LogP contribution in [0.25, 0.3) is 10.9 Å². The largest absolute Gasteiger partial charge is 0.391 e. The number of hydrogen-bond donors (Lipinski definition) is 3. The van der Waals surface area contributed by atoms with Crippen molar-refractivity contribution in [2.24, 2.45) is 0 Å². The van der Waals surface area contributed by atoms with Gasteiger partial charge in [0.2, 0.25) is 5.82 Å². The van der Waals surface area contributed by atoms with E-state index in [2.05, 4.69) is 38.7 Å². The second-order valence-electron chi connectivity index (χ2n) is 7.85. The van der Waals surface area contributed by atoms with Crippen LogP contribution in [0.2, 0.25) is 0 Å². The first-order valence-corrected chi connectivity index (χ1v) is 10.5. The molecule has 1 unspecified atom stereocenters. The Morgan fingerprint density at radius 2 is 1.94 bits per heavy atom. The molecule has 0 aliphatic rings. The molecule has 0 radical (unpaired) electrons. The highest BCUT2D eigenvalue weighted by Crippen LogP contribution is 2.13. The van der Waals surface area contributed by atoms with Crippen LogP contribution in [-0.2, 0) is 26.1 Å². The number of aryl methyl sites for hydroxylation is 3. The molecule has 2 aromatic carbocycles. The molecule has 3 N–H and O–H groups in total. The molecule has 160 valence electrons. The minimum absolute atomic E-state index is 0.0194. The Labute approximate surface area is 180 Å². The van der Waals surface area contributed by atoms with Crippen LogP contribution in [0.5, 0.6) is 0 Å². The van der Waals surface area contributed by atoms with Crippen molar-refractivity contribution in [2.75, 3.05) is 13.2 Å². The molecule has 4 aromatic rings. The summed E-state index contributed by atoms with van der Waals surface area (Å²) in [4.78, 5) is 16.6. The lowest BCUT2D eigenvalue weighted by atomic mass is 10.1. The van der Waals surface area contributed by atoms with Crippen LogP contribution in [0.3, 0.4) is 0 Å². The van der Waals surface area contributed by atoms with Gasteiger partial charge >= 0.3 is 0 Å². The van der Waals surface area contributed by atoms with Gasteiger partial charge in [-0.3, -0.25) is 4.79 Å². The number of hydrogen-bond acceptors (Lipinski definition) is 5. The number of aliphatic hydroxyl groups excluding tert-OH is 1. The molecule has 4 rings (SSSR count). The van der Waals surface area contributed by atoms with Crippen molar-refractivity contribution in [3.05, 3.63) is 87.5 Å². The van der Waals surface area contributed by atoms with Crippen LogP contribution < -0.4 is 10.5 Å². The fourth-order valence-corrected chi connectivity index (χ4v) is 3.80. The van der Waals surface area contributed by atoms with E-state index in [1.165, 1.54) is 5.56 Å². The predicted molar refractivity (Wildman–Crippen MR) is 118 cm³/mol. The number of rotatable bonds is 9. The highest BCUT2D eigenvalue weighted by molar-refractivity contribution is 5.79. The van der Waals surface area contributed by atoms with Gasteiger partial charge in [-0.25, -0.2) is 4.68 Å². The van der Waals surface area contributed by atoms with E-state index in [1.807, 2.05) is 43.3 Å². The molecular weight excluding hydrogens is 392 g/mol. The Bertz CT molecular complexity index is 1200. The van der Waals surface area contributed by atoms with E-state index in [1.54, 1.807) is 4.68 Å². The number of H-pyrrole nitrogens is 1. The summed E-state index contributed by atoms with van der Waals surface area (Å²) in [5.41, 5.74) is 3.78. The van der Waals surface area contributed by atoms with Crippen LogP contribution >= 0.6 is 0 Å². The monoisotopic (exact) mass is 419 g/mol. The molecule has 31 heavy (non-hydrogen) atoms. The Balaban J connectivity index is 1.50. The zero-order valence-corrected chi connectivity index (χ0v) is 17.6. The van der Waals surface area contributed by atoms with Crippen molar-refractivity contribution in [1.29, 1.82) is 0 Å². The standard InChI is InChI=1S/C23H26N6O2/c1-17-7-8-21-19(13-17)14-20(23(31)24-21)15-28(11-12-30)16-22-25-26-27-29(22)10-9-18-5-3-2-4-6-18/h2-8,13-14,30H,9-12,15-16H2,1H3,(H,24,31)/p+1. The summed E-state index contributed by atoms with van der Waals surface area (Å²) in [5.74, 6) is 0.743. The number of quaternary nitrogens is 1. The van der Waals surface area contributed by atoms with Gasteiger partial charge in [0.25, 0.3) is 5.56 Å². The normalized spacial score (nSPS) is 12.3. The van der Waals surface area contributed by atoms with Crippen molar-refractivity contribution >= 4 is 10.9 Å². The Kier molecular flexibility index (Phi) is 6.49. The number of aliphatic hydroxyl groups is 1. The second-order valence-corrected chi connectivity index (χ2v) is 7.85. The maximum Gasteiger partial charge on any atom is 0.257 e. The zero-order valence-electron chi connectivity index (χ0n) is 17.6. The lowest BCUT2D eigenvalue weighted by molar-refractivity contribution is -0.928. The number of benzene rings is 2. The average molecular weight is 420 g/mol. The molecule has 0 amide bonds. The van der Waals surface area contributed by atoms with Gasteiger partial charge in [-0.1, -0.05) is 42.0 Å². The highest BCUT2D eigenvalue weighted by atomic mass is 16.3. The number of fused-ring (bicyclic) bond motifs is 1. The molecule has 2 heterocycles. The molecule has 2 aromatic heterocycles. The first-order chi connectivity index (χ1) is 15.1. The van der Waals surface area contributed by atoms with E-state index in [-0.39, 0.29) is 12.2 Å². The van der Waals surface area contributed by atoms with E-state index in [4.69, 9.17) is 0 Å². The van der Waals surface area contributed by atoms with Gasteiger partial charge in [0.05, 0.1) is 12.2 Å². The average Bonchev–Trinajstić information content (AvgIpc) is 3.21. The topological polar surface area (TPSA) is 101 Å². The summed E-state index contributed by atoms with van der Waals surface area (Å²) in [6.07, 6.45) is 0.831. The van der Waals surface area contributed by atoms with Crippen molar-refractivity contribution in [1.82, 2.24) is 25.2 Å². The number of nitrogens with zero attached hydrogens (tertiary/aromatic N) is 4. The lowest BCUT2D eigenvalue weighted by Crippen LogP contribution is -3.10. The summed E-state index contributed by atoms with van der Waals surface area (Å²) < 4.78 is 1.80. The van der Waals surface area contributed by atoms with Gasteiger partial charge < -0.3 is 15.0 Å². The highest BCUT2D eigenvalue weighted by Gasteiger charge is 2.18. The van der Waals surface area contributed by atoms with E-state index < -0.39 is 0 Å². The first kappa shape index (κ1) is 20.9. The molecule has 0 spiro atoms. The SMILES string of the molecule is Cc1ccc2[nH]c(=O)c(C[NH+](CCO)Cc3nnnn3CCc3ccccc3)cc2c1. The van der Waals surface area contributed by atoms with Crippen molar-refractivity contribution in [3.63, 3.8) is 0 Å². The van der Waals surface area contributed by atoms with Crippen LogP contribution in [0.4, 0.5) is 0 Å². The third-order valence-corrected chi connectivity index (χ3v) is 5.45. The third-order valence-electron chi connectivity index (χ3n) is 5.45. The molecular formula is C23H27N6O2+. The lowest BCUT2D eigenvalue weighted by Gasteiger charge is -2.18. The van der Waals surface area contributed by atoms with Crippen LogP contribution in [-0.4, -0.2) is 43.4 Å². The third kappa shape index (κ3) is 5.22. The molecule has 0 saturated carbocycles. The Morgan fingerprint density at radius 1 is 1.10 bits per heavy atom. The zero-order chi connectivity index (χ0) is 21.6. The molecule has 0 bridgehead atoms. The number of aromatic amines is 1. The quantitative estimate of drug-likeness (QED) is 0.370. The molecule has 0 aliphatic heterocycles. The number of pyridine rings is 1. The van der Waals surface area contributed by atoms with Gasteiger partial charge in [-0.15, -0.1) is 5.10 Å². The van der Waals surface area contributed by atoms with Crippen molar-refractivity contribution in [3.8, 4) is 0 Å². The van der Waals surface area contributed by atoms with Gasteiger partial charge in [-0.2, -0.15) is 0 Å². The molecule has 1 atom stereocenters. The van der Waals surface area contributed by atoms with E-state index in [0.29, 0.717) is 31.7 Å². The maximum atomic E-state index is 12.6. The summed E-state index contributed by atoms with van der Waals surface area (Å²) in [5, 5.41) is 22.7. The fourth-order valence-electron chi connectivity index (χ4n) is 3.80. The molecule has 0 fully saturated rings. The molecule has 8 heteroatoms. The number of nitrogens with one attached hydrogen (secondary N) is 2. The predicted octanol–water partition coefficient (Wildman–Crippen LogP) is 0.643. The molecule has 8 nitrogen and oxygen atoms in total. The van der Waals surface area contributed by atoms with E-state index in [0.717, 1.165) is 33.6 Å². The second kappa shape index (κ2) is 9.63. The van der Waals surface area contributed by atoms with Gasteiger partial charge in [-0.05, 0) is 52.9 Å². The van der Waals surface area contributed by atoms with Crippen LogP contribution in [0.1, 0.15) is 22.5 Å². The van der Waals surface area contributed by atoms with E-state index in [9.17, 15) is 9.90 Å². The smallest absolute Gasteiger partial charge is 0.257 e. The Hall–Kier alpha value is -3.36. The van der Waals surface area contributed by atoms with Crippen molar-refractivity contribution in [2.45, 2.75) is 33.0 Å². The van der Waals surface area contributed by atoms with Gasteiger partial charge in [0.1, 0.15) is 19.6 Å². The summed E-state index contributed by atoms with van der Waals surface area (Å²) in [7, 11) is 0. The van der Waals surface area contributed by atoms with Gasteiger partial charge in [0, 0.05) is 12.1 Å². The minimum Gasteiger partial charge on any atom is -0.391 e. The summed E-state index contributed by atoms with van der Waals surface area (Å²) in [6.45, 7) is 4.22. The molecule has 0 saturated heterocycles. The minimum atomic E-state index is -0.101. The summed E-state index contributed by atoms with van der Waals surface area (Å²) in [6, 6.07) is 18.1. The van der Waals surface area contributed by atoms with Gasteiger partial charge in [0.15, 0.2) is 0 Å². The van der Waals surface area contributed by atoms with Crippen LogP contribution in [0, 0.1) is 6.92 Å². The summed E-state index contributed by atoms with van der Waals surface area (Å²) >= 11 is 0. The molecule has 0 aliphatic carbocycles. The maximum absolute atomic E-state index is 12.6.